The number of piperidine rings is 1. The molecule has 7 nitrogen and oxygen atoms in total. The molecule has 0 radical (unpaired) electrons. The smallest absolute Gasteiger partial charge is 0.242 e. The van der Waals surface area contributed by atoms with Gasteiger partial charge in [0.15, 0.2) is 0 Å². The Hall–Kier alpha value is -1.70. The molecule has 0 aliphatic carbocycles. The topological polar surface area (TPSA) is 68.8 Å². The van der Waals surface area contributed by atoms with Gasteiger partial charge in [-0.3, -0.25) is 19.4 Å². The van der Waals surface area contributed by atoms with Crippen LogP contribution in [0.15, 0.2) is 18.3 Å². The quantitative estimate of drug-likeness (QED) is 0.809. The number of nitrogens with zero attached hydrogens (tertiary/aromatic N) is 4. The van der Waals surface area contributed by atoms with Gasteiger partial charge in [0.2, 0.25) is 11.8 Å². The van der Waals surface area contributed by atoms with Crippen LogP contribution in [-0.2, 0) is 9.59 Å². The summed E-state index contributed by atoms with van der Waals surface area (Å²) < 4.78 is 0. The molecular formula is C20H30ClN5O2. The summed E-state index contributed by atoms with van der Waals surface area (Å²) >= 11 is 5.82. The molecular weight excluding hydrogens is 378 g/mol. The van der Waals surface area contributed by atoms with Crippen molar-refractivity contribution in [1.82, 2.24) is 19.7 Å². The first-order valence-corrected chi connectivity index (χ1v) is 10.5. The lowest BCUT2D eigenvalue weighted by Crippen LogP contribution is -2.55. The van der Waals surface area contributed by atoms with Gasteiger partial charge in [-0.05, 0) is 45.2 Å². The summed E-state index contributed by atoms with van der Waals surface area (Å²) in [5, 5.41) is 3.37. The van der Waals surface area contributed by atoms with E-state index in [2.05, 4.69) is 27.0 Å². The molecule has 3 rings (SSSR count). The van der Waals surface area contributed by atoms with Crippen LogP contribution < -0.4 is 5.32 Å². The third kappa shape index (κ3) is 5.43. The fraction of sp³-hybridized carbons (Fsp3) is 0.650. The number of rotatable bonds is 5. The van der Waals surface area contributed by atoms with Crippen LogP contribution in [0.5, 0.6) is 0 Å². The van der Waals surface area contributed by atoms with Crippen molar-refractivity contribution >= 4 is 29.2 Å². The summed E-state index contributed by atoms with van der Waals surface area (Å²) in [5.74, 6) is 0.655. The summed E-state index contributed by atoms with van der Waals surface area (Å²) in [6.45, 7) is 8.54. The normalized spacial score (nSPS) is 22.7. The van der Waals surface area contributed by atoms with Gasteiger partial charge in [0.1, 0.15) is 5.82 Å². The van der Waals surface area contributed by atoms with Crippen molar-refractivity contribution in [1.29, 1.82) is 0 Å². The molecule has 154 valence electrons. The Kier molecular flexibility index (Phi) is 7.26. The van der Waals surface area contributed by atoms with Crippen molar-refractivity contribution in [2.24, 2.45) is 0 Å². The lowest BCUT2D eigenvalue weighted by molar-refractivity contribution is -0.136. The molecule has 0 bridgehead atoms. The Bertz CT molecular complexity index is 676. The Labute approximate surface area is 172 Å². The highest BCUT2D eigenvalue weighted by Crippen LogP contribution is 2.17. The highest BCUT2D eigenvalue weighted by molar-refractivity contribution is 6.30. The molecule has 1 N–H and O–H groups in total. The van der Waals surface area contributed by atoms with Crippen molar-refractivity contribution < 1.29 is 9.59 Å². The number of carbonyl (C=O) groups is 2. The van der Waals surface area contributed by atoms with Gasteiger partial charge in [-0.2, -0.15) is 0 Å². The molecule has 2 unspecified atom stereocenters. The Morgan fingerprint density at radius 3 is 2.61 bits per heavy atom. The van der Waals surface area contributed by atoms with Gasteiger partial charge < -0.3 is 10.2 Å². The van der Waals surface area contributed by atoms with E-state index in [1.807, 2.05) is 11.8 Å². The summed E-state index contributed by atoms with van der Waals surface area (Å²) in [6, 6.07) is 3.50. The molecule has 2 aliphatic heterocycles. The number of piperazine rings is 1. The number of halogens is 1. The number of amides is 2. The predicted molar refractivity (Wildman–Crippen MR) is 110 cm³/mol. The van der Waals surface area contributed by atoms with Crippen LogP contribution >= 0.6 is 11.6 Å². The number of pyridine rings is 1. The Morgan fingerprint density at radius 1 is 1.21 bits per heavy atom. The van der Waals surface area contributed by atoms with E-state index in [0.29, 0.717) is 23.4 Å². The first kappa shape index (κ1) is 21.0. The van der Waals surface area contributed by atoms with E-state index in [1.54, 1.807) is 12.1 Å². The van der Waals surface area contributed by atoms with Gasteiger partial charge >= 0.3 is 0 Å². The summed E-state index contributed by atoms with van der Waals surface area (Å²) in [4.78, 5) is 35.6. The van der Waals surface area contributed by atoms with Gasteiger partial charge in [0, 0.05) is 45.0 Å². The second kappa shape index (κ2) is 9.67. The number of likely N-dealkylation sites (tertiary alicyclic amines) is 1. The molecule has 0 aromatic carbocycles. The number of nitrogens with one attached hydrogen (secondary N) is 1. The van der Waals surface area contributed by atoms with E-state index in [4.69, 9.17) is 11.6 Å². The van der Waals surface area contributed by atoms with Gasteiger partial charge in [-0.25, -0.2) is 4.98 Å². The minimum absolute atomic E-state index is 0.0820. The van der Waals surface area contributed by atoms with Crippen molar-refractivity contribution in [2.75, 3.05) is 44.6 Å². The molecule has 8 heteroatoms. The van der Waals surface area contributed by atoms with Crippen molar-refractivity contribution in [3.8, 4) is 0 Å². The van der Waals surface area contributed by atoms with Gasteiger partial charge in [0.05, 0.1) is 17.6 Å². The van der Waals surface area contributed by atoms with E-state index in [-0.39, 0.29) is 17.9 Å². The fourth-order valence-corrected chi connectivity index (χ4v) is 4.02. The molecule has 1 aromatic rings. The average Bonchev–Trinajstić information content (AvgIpc) is 2.70. The zero-order valence-corrected chi connectivity index (χ0v) is 17.5. The summed E-state index contributed by atoms with van der Waals surface area (Å²) in [7, 11) is 0. The van der Waals surface area contributed by atoms with Gasteiger partial charge in [0.25, 0.3) is 0 Å². The molecule has 0 spiro atoms. The first-order chi connectivity index (χ1) is 13.4. The second-order valence-corrected chi connectivity index (χ2v) is 8.21. The summed E-state index contributed by atoms with van der Waals surface area (Å²) in [5.41, 5.74) is 0. The van der Waals surface area contributed by atoms with Crippen LogP contribution in [0.1, 0.15) is 33.1 Å². The molecule has 0 saturated carbocycles. The van der Waals surface area contributed by atoms with Crippen LogP contribution in [-0.4, -0.2) is 82.9 Å². The number of anilines is 1. The van der Waals surface area contributed by atoms with Crippen LogP contribution in [0.2, 0.25) is 5.02 Å². The highest BCUT2D eigenvalue weighted by atomic mass is 35.5. The lowest BCUT2D eigenvalue weighted by atomic mass is 10.0. The van der Waals surface area contributed by atoms with Gasteiger partial charge in [-0.1, -0.05) is 11.6 Å². The van der Waals surface area contributed by atoms with Crippen LogP contribution in [0.25, 0.3) is 0 Å². The molecule has 1 aromatic heterocycles. The third-order valence-electron chi connectivity index (χ3n) is 5.79. The molecule has 2 amide bonds. The largest absolute Gasteiger partial charge is 0.339 e. The second-order valence-electron chi connectivity index (χ2n) is 7.77. The van der Waals surface area contributed by atoms with Crippen LogP contribution in [0.4, 0.5) is 5.82 Å². The van der Waals surface area contributed by atoms with E-state index in [9.17, 15) is 9.59 Å². The monoisotopic (exact) mass is 407 g/mol. The molecule has 2 atom stereocenters. The maximum atomic E-state index is 12.6. The number of hydrogen-bond donors (Lipinski definition) is 1. The van der Waals surface area contributed by atoms with E-state index in [0.717, 1.165) is 45.6 Å². The number of hydrogen-bond acceptors (Lipinski definition) is 5. The van der Waals surface area contributed by atoms with E-state index in [1.165, 1.54) is 12.6 Å². The number of carbonyl (C=O) groups excluding carboxylic acids is 2. The maximum absolute atomic E-state index is 12.6. The fourth-order valence-electron chi connectivity index (χ4n) is 3.91. The first-order valence-electron chi connectivity index (χ1n) is 10.1. The molecule has 2 saturated heterocycles. The predicted octanol–water partition coefficient (Wildman–Crippen LogP) is 2.08. The molecule has 28 heavy (non-hydrogen) atoms. The zero-order chi connectivity index (χ0) is 20.1. The molecule has 3 heterocycles. The lowest BCUT2D eigenvalue weighted by Gasteiger charge is -2.39. The Morgan fingerprint density at radius 2 is 1.96 bits per heavy atom. The molecule has 2 aliphatic rings. The van der Waals surface area contributed by atoms with E-state index >= 15 is 0 Å². The third-order valence-corrected chi connectivity index (χ3v) is 6.02. The maximum Gasteiger partial charge on any atom is 0.242 e. The molecule has 2 fully saturated rings. The van der Waals surface area contributed by atoms with Crippen molar-refractivity contribution in [3.05, 3.63) is 23.4 Å². The minimum Gasteiger partial charge on any atom is -0.339 e. The minimum atomic E-state index is -0.252. The highest BCUT2D eigenvalue weighted by Gasteiger charge is 2.29. The SMILES string of the molecule is CC(C(=O)Nc1ccc(Cl)cn1)N1CCN(CC(=O)N2CCCCC2C)CC1. The zero-order valence-electron chi connectivity index (χ0n) is 16.7. The van der Waals surface area contributed by atoms with Crippen LogP contribution in [0, 0.1) is 0 Å². The van der Waals surface area contributed by atoms with Crippen molar-refractivity contribution in [2.45, 2.75) is 45.2 Å². The summed E-state index contributed by atoms with van der Waals surface area (Å²) in [6.07, 6.45) is 4.95. The van der Waals surface area contributed by atoms with Crippen LogP contribution in [0.3, 0.4) is 0 Å². The average molecular weight is 408 g/mol. The van der Waals surface area contributed by atoms with Gasteiger partial charge in [-0.15, -0.1) is 0 Å². The van der Waals surface area contributed by atoms with E-state index < -0.39 is 0 Å². The Balaban J connectivity index is 1.44. The number of aromatic nitrogens is 1. The van der Waals surface area contributed by atoms with Crippen molar-refractivity contribution in [3.63, 3.8) is 0 Å². The standard InChI is InChI=1S/C20H30ClN5O2/c1-15-5-3-4-8-26(15)19(27)14-24-9-11-25(12-10-24)16(2)20(28)23-18-7-6-17(21)13-22-18/h6-7,13,15-16H,3-5,8-12,14H2,1-2H3,(H,22,23,28).